The van der Waals surface area contributed by atoms with E-state index in [9.17, 15) is 8.42 Å². The second-order valence-electron chi connectivity index (χ2n) is 2.53. The molecule has 76 valence electrons. The zero-order valence-electron chi connectivity index (χ0n) is 6.64. The van der Waals surface area contributed by atoms with Crippen LogP contribution in [-0.4, -0.2) is 17.3 Å². The quantitative estimate of drug-likeness (QED) is 0.432. The summed E-state index contributed by atoms with van der Waals surface area (Å²) in [4.78, 5) is -0.113. The third kappa shape index (κ3) is 1.58. The lowest BCUT2D eigenvalue weighted by atomic mass is 10.3. The van der Waals surface area contributed by atoms with Crippen molar-refractivity contribution in [3.8, 4) is 0 Å². The molecule has 0 atom stereocenters. The lowest BCUT2D eigenvalue weighted by Crippen LogP contribution is -2.17. The van der Waals surface area contributed by atoms with E-state index in [0.717, 1.165) is 0 Å². The molecule has 0 saturated heterocycles. The third-order valence-electron chi connectivity index (χ3n) is 1.66. The summed E-state index contributed by atoms with van der Waals surface area (Å²) in [5.74, 6) is 0. The van der Waals surface area contributed by atoms with Crippen LogP contribution in [-0.2, 0) is 10.1 Å². The predicted octanol–water partition coefficient (Wildman–Crippen LogP) is 1.32. The van der Waals surface area contributed by atoms with Crippen molar-refractivity contribution in [2.24, 2.45) is 0 Å². The lowest BCUT2D eigenvalue weighted by Gasteiger charge is -2.21. The average Bonchev–Trinajstić information content (AvgIpc) is 2.50. The van der Waals surface area contributed by atoms with Crippen molar-refractivity contribution < 1.29 is 13.0 Å². The van der Waals surface area contributed by atoms with Gasteiger partial charge in [0.15, 0.2) is 0 Å². The van der Waals surface area contributed by atoms with Crippen molar-refractivity contribution >= 4 is 38.2 Å². The van der Waals surface area contributed by atoms with Gasteiger partial charge >= 0.3 is 0 Å². The first-order valence-electron chi connectivity index (χ1n) is 3.48. The molecule has 0 radical (unpaired) electrons. The van der Waals surface area contributed by atoms with Crippen molar-refractivity contribution in [1.29, 1.82) is 0 Å². The second-order valence-corrected chi connectivity index (χ2v) is 5.51. The van der Waals surface area contributed by atoms with Gasteiger partial charge in [0, 0.05) is 6.20 Å². The van der Waals surface area contributed by atoms with Crippen molar-refractivity contribution in [1.82, 2.24) is 9.03 Å². The highest BCUT2D eigenvalue weighted by Gasteiger charge is 2.31. The molecule has 2 N–H and O–H groups in total. The van der Waals surface area contributed by atoms with Gasteiger partial charge in [0.2, 0.25) is 0 Å². The van der Waals surface area contributed by atoms with Gasteiger partial charge in [-0.25, -0.2) is 0 Å². The van der Waals surface area contributed by atoms with Crippen molar-refractivity contribution in [2.75, 3.05) is 0 Å². The summed E-state index contributed by atoms with van der Waals surface area (Å²) >= 11 is 4.47. The van der Waals surface area contributed by atoms with Gasteiger partial charge < -0.3 is 4.72 Å². The topological polar surface area (TPSA) is 69.6 Å². The van der Waals surface area contributed by atoms with Crippen LogP contribution in [0.3, 0.4) is 0 Å². The van der Waals surface area contributed by atoms with Gasteiger partial charge in [0.1, 0.15) is 4.91 Å². The Balaban J connectivity index is 2.54. The van der Waals surface area contributed by atoms with Crippen molar-refractivity contribution in [2.45, 2.75) is 0 Å². The highest BCUT2D eigenvalue weighted by molar-refractivity contribution is 9.11. The molecule has 0 spiro atoms. The fourth-order valence-electron chi connectivity index (χ4n) is 1.09. The van der Waals surface area contributed by atoms with Gasteiger partial charge in [-0.15, -0.1) is 0 Å². The van der Waals surface area contributed by atoms with Crippen LogP contribution in [0.2, 0.25) is 0 Å². The van der Waals surface area contributed by atoms with E-state index < -0.39 is 10.1 Å². The van der Waals surface area contributed by atoms with Crippen LogP contribution in [0.1, 0.15) is 0 Å². The average molecular weight is 297 g/mol. The van der Waals surface area contributed by atoms with E-state index in [1.807, 2.05) is 0 Å². The van der Waals surface area contributed by atoms with Crippen LogP contribution in [0.25, 0.3) is 0 Å². The maximum Gasteiger partial charge on any atom is 0.296 e. The summed E-state index contributed by atoms with van der Waals surface area (Å²) in [7, 11) is -4.17. The van der Waals surface area contributed by atoms with Crippen LogP contribution in [0.15, 0.2) is 33.6 Å². The normalized spacial score (nSPS) is 20.7. The molecule has 8 heteroatoms. The minimum absolute atomic E-state index is 0.113. The monoisotopic (exact) mass is 296 g/mol. The first-order chi connectivity index (χ1) is 6.50. The highest BCUT2D eigenvalue weighted by atomic mass is 79.9. The second kappa shape index (κ2) is 3.30. The summed E-state index contributed by atoms with van der Waals surface area (Å²) in [6.07, 6.45) is 4.41. The van der Waals surface area contributed by atoms with E-state index in [2.05, 4.69) is 20.7 Å². The fraction of sp³-hybridized carbons (Fsp3) is 0. The molecule has 2 aliphatic heterocycles. The van der Waals surface area contributed by atoms with E-state index in [-0.39, 0.29) is 4.91 Å². The maximum absolute atomic E-state index is 11.0. The van der Waals surface area contributed by atoms with Crippen LogP contribution in [0.5, 0.6) is 0 Å². The summed E-state index contributed by atoms with van der Waals surface area (Å²) in [6.45, 7) is 0. The number of halogens is 1. The summed E-state index contributed by atoms with van der Waals surface area (Å²) in [5, 5.41) is 0. The molecular formula is C6H5BrN2O3S2. The van der Waals surface area contributed by atoms with E-state index >= 15 is 0 Å². The Kier molecular flexibility index (Phi) is 2.38. The van der Waals surface area contributed by atoms with Gasteiger partial charge in [0.25, 0.3) is 10.1 Å². The molecule has 0 aromatic rings. The molecule has 14 heavy (non-hydrogen) atoms. The fourth-order valence-corrected chi connectivity index (χ4v) is 3.01. The molecule has 0 fully saturated rings. The first kappa shape index (κ1) is 10.1. The van der Waals surface area contributed by atoms with Crippen molar-refractivity contribution in [3.63, 3.8) is 0 Å². The van der Waals surface area contributed by atoms with Gasteiger partial charge in [-0.1, -0.05) is 0 Å². The molecule has 0 saturated carbocycles. The van der Waals surface area contributed by atoms with Crippen LogP contribution >= 0.6 is 28.1 Å². The third-order valence-corrected chi connectivity index (χ3v) is 4.21. The Morgan fingerprint density at radius 2 is 2.21 bits per heavy atom. The zero-order chi connectivity index (χ0) is 10.3. The SMILES string of the molecule is O=S(=O)(O)C1=CC=C(Br)N2SNC=C12. The molecule has 0 bridgehead atoms. The Morgan fingerprint density at radius 1 is 1.50 bits per heavy atom. The zero-order valence-corrected chi connectivity index (χ0v) is 9.86. The number of fused-ring (bicyclic) bond motifs is 1. The van der Waals surface area contributed by atoms with Crippen LogP contribution < -0.4 is 4.72 Å². The number of hydrogen-bond donors (Lipinski definition) is 2. The molecule has 0 unspecified atom stereocenters. The summed E-state index contributed by atoms with van der Waals surface area (Å²) in [5.41, 5.74) is 0.409. The number of nitrogens with zero attached hydrogens (tertiary/aromatic N) is 1. The molecule has 2 aliphatic rings. The largest absolute Gasteiger partial charge is 0.316 e. The Labute approximate surface area is 93.7 Å². The molecule has 2 rings (SSSR count). The minimum atomic E-state index is -4.17. The van der Waals surface area contributed by atoms with E-state index in [1.54, 1.807) is 10.4 Å². The molecular weight excluding hydrogens is 292 g/mol. The number of hydrogen-bond acceptors (Lipinski definition) is 5. The molecule has 5 nitrogen and oxygen atoms in total. The first-order valence-corrected chi connectivity index (χ1v) is 6.49. The minimum Gasteiger partial charge on any atom is -0.316 e. The summed E-state index contributed by atoms with van der Waals surface area (Å²) in [6, 6.07) is 0. The molecule has 2 heterocycles. The molecule has 0 aromatic carbocycles. The smallest absolute Gasteiger partial charge is 0.296 e. The van der Waals surface area contributed by atoms with E-state index in [0.29, 0.717) is 10.3 Å². The number of rotatable bonds is 1. The summed E-state index contributed by atoms with van der Waals surface area (Å²) < 4.78 is 36.0. The Morgan fingerprint density at radius 3 is 2.86 bits per heavy atom. The van der Waals surface area contributed by atoms with E-state index in [1.165, 1.54) is 24.4 Å². The van der Waals surface area contributed by atoms with E-state index in [4.69, 9.17) is 4.55 Å². The predicted molar refractivity (Wildman–Crippen MR) is 57.3 cm³/mol. The van der Waals surface area contributed by atoms with Crippen LogP contribution in [0, 0.1) is 0 Å². The Bertz CT molecular complexity index is 465. The molecule has 0 aromatic heterocycles. The lowest BCUT2D eigenvalue weighted by molar-refractivity contribution is 0.490. The maximum atomic E-state index is 11.0. The van der Waals surface area contributed by atoms with Crippen LogP contribution in [0.4, 0.5) is 0 Å². The van der Waals surface area contributed by atoms with Gasteiger partial charge in [-0.3, -0.25) is 8.86 Å². The highest BCUT2D eigenvalue weighted by Crippen LogP contribution is 2.38. The van der Waals surface area contributed by atoms with Gasteiger partial charge in [-0.2, -0.15) is 8.42 Å². The molecule has 0 aliphatic carbocycles. The van der Waals surface area contributed by atoms with Gasteiger partial charge in [0.05, 0.1) is 22.4 Å². The number of allylic oxidation sites excluding steroid dienone is 2. The Hall–Kier alpha value is -0.440. The van der Waals surface area contributed by atoms with Crippen molar-refractivity contribution in [3.05, 3.63) is 33.6 Å². The standard InChI is InChI=1S/C6H5BrN2O3S2/c7-6-2-1-5(14(10,11)12)4-3-8-13-9(4)6/h1-3,8H,(H,10,11,12). The number of nitrogens with one attached hydrogen (secondary N) is 1. The van der Waals surface area contributed by atoms with Gasteiger partial charge in [-0.05, 0) is 28.1 Å². The molecule has 0 amide bonds.